The summed E-state index contributed by atoms with van der Waals surface area (Å²) in [6.07, 6.45) is -0.143. The van der Waals surface area contributed by atoms with E-state index in [1.54, 1.807) is 0 Å². The fourth-order valence-corrected chi connectivity index (χ4v) is 2.60. The molecule has 0 amide bonds. The van der Waals surface area contributed by atoms with Gasteiger partial charge in [0.05, 0.1) is 12.6 Å². The maximum absolute atomic E-state index is 10.6. The molecule has 0 aromatic heterocycles. The summed E-state index contributed by atoms with van der Waals surface area (Å²) in [5.41, 5.74) is 0.871. The highest BCUT2D eigenvalue weighted by Crippen LogP contribution is 2.33. The summed E-state index contributed by atoms with van der Waals surface area (Å²) in [6.45, 7) is 0. The first-order valence-corrected chi connectivity index (χ1v) is 8.45. The van der Waals surface area contributed by atoms with E-state index in [-0.39, 0.29) is 18.5 Å². The molecule has 0 spiro atoms. The van der Waals surface area contributed by atoms with Gasteiger partial charge in [0.15, 0.2) is 0 Å². The van der Waals surface area contributed by atoms with Gasteiger partial charge in [-0.1, -0.05) is 42.5 Å². The van der Waals surface area contributed by atoms with Gasteiger partial charge in [-0.15, -0.1) is 11.6 Å². The molecule has 5 nitrogen and oxygen atoms in total. The molecule has 114 valence electrons. The van der Waals surface area contributed by atoms with Crippen LogP contribution in [0.15, 0.2) is 42.5 Å². The maximum Gasteiger partial charge on any atom is 0.326 e. The van der Waals surface area contributed by atoms with Crippen LogP contribution in [0.25, 0.3) is 10.8 Å². The van der Waals surface area contributed by atoms with E-state index in [9.17, 15) is 9.36 Å². The van der Waals surface area contributed by atoms with Crippen molar-refractivity contribution in [1.82, 2.24) is 0 Å². The number of rotatable bonds is 4. The average molecular weight is 331 g/mol. The second-order valence-corrected chi connectivity index (χ2v) is 6.44. The number of fused-ring (bicyclic) bond motifs is 1. The van der Waals surface area contributed by atoms with Crippen molar-refractivity contribution in [3.63, 3.8) is 0 Å². The smallest absolute Gasteiger partial charge is 0.326 e. The fraction of sp³-hybridized carbons (Fsp3) is 0.214. The van der Waals surface area contributed by atoms with Crippen LogP contribution < -0.4 is 0 Å². The van der Waals surface area contributed by atoms with Crippen molar-refractivity contribution in [1.29, 1.82) is 0 Å². The van der Waals surface area contributed by atoms with Crippen LogP contribution in [0.3, 0.4) is 0 Å². The highest BCUT2D eigenvalue weighted by atomic mass is 35.5. The Kier molecular flexibility index (Phi) is 6.85. The number of benzene rings is 2. The van der Waals surface area contributed by atoms with E-state index in [2.05, 4.69) is 0 Å². The van der Waals surface area contributed by atoms with E-state index in [1.165, 1.54) is 0 Å². The predicted molar refractivity (Wildman–Crippen MR) is 82.9 cm³/mol. The van der Waals surface area contributed by atoms with Gasteiger partial charge in [-0.25, -0.2) is 0 Å². The van der Waals surface area contributed by atoms with Crippen molar-refractivity contribution < 1.29 is 24.3 Å². The van der Waals surface area contributed by atoms with E-state index >= 15 is 0 Å². The maximum atomic E-state index is 10.6. The second-order valence-electron chi connectivity index (χ2n) is 4.29. The first kappa shape index (κ1) is 17.7. The van der Waals surface area contributed by atoms with E-state index in [1.807, 2.05) is 42.5 Å². The largest absolute Gasteiger partial charge is 0.481 e. The minimum absolute atomic E-state index is 0.0181. The summed E-state index contributed by atoms with van der Waals surface area (Å²) in [4.78, 5) is 26.7. The lowest BCUT2D eigenvalue weighted by Gasteiger charge is -2.02. The molecule has 0 aliphatic heterocycles. The summed E-state index contributed by atoms with van der Waals surface area (Å²) >= 11 is 4.99. The molecular weight excluding hydrogens is 315 g/mol. The highest BCUT2D eigenvalue weighted by Gasteiger charge is 2.09. The Balaban J connectivity index is 0.000000270. The zero-order chi connectivity index (χ0) is 15.9. The lowest BCUT2D eigenvalue weighted by atomic mass is 10.0. The van der Waals surface area contributed by atoms with E-state index in [4.69, 9.17) is 26.5 Å². The number of carbonyl (C=O) groups is 1. The first-order valence-electron chi connectivity index (χ1n) is 6.12. The van der Waals surface area contributed by atoms with Crippen LogP contribution in [0, 0.1) is 0 Å². The molecular formula is C14H16ClO5P. The first-order chi connectivity index (χ1) is 9.83. The third kappa shape index (κ3) is 6.74. The van der Waals surface area contributed by atoms with E-state index in [0.717, 1.165) is 16.3 Å². The normalized spacial score (nSPS) is 10.8. The monoisotopic (exact) mass is 330 g/mol. The van der Waals surface area contributed by atoms with Gasteiger partial charge in [-0.2, -0.15) is 0 Å². The van der Waals surface area contributed by atoms with Crippen LogP contribution in [-0.4, -0.2) is 32.9 Å². The summed E-state index contributed by atoms with van der Waals surface area (Å²) in [5.74, 6) is -0.772. The second kappa shape index (κ2) is 8.15. The molecule has 7 heteroatoms. The molecule has 0 saturated heterocycles. The van der Waals surface area contributed by atoms with Gasteiger partial charge in [0, 0.05) is 5.88 Å². The van der Waals surface area contributed by atoms with Gasteiger partial charge < -0.3 is 14.9 Å². The van der Waals surface area contributed by atoms with Crippen molar-refractivity contribution in [3.05, 3.63) is 48.0 Å². The summed E-state index contributed by atoms with van der Waals surface area (Å²) < 4.78 is 9.84. The lowest BCUT2D eigenvalue weighted by Crippen LogP contribution is -2.00. The lowest BCUT2D eigenvalue weighted by molar-refractivity contribution is -0.136. The number of carboxylic acids is 1. The molecule has 0 unspecified atom stereocenters. The SMILES string of the molecule is O=C(O)Cc1cccc2ccccc12.O=P(O)(O)CCCl. The van der Waals surface area contributed by atoms with Gasteiger partial charge in [0.2, 0.25) is 0 Å². The molecule has 0 aliphatic carbocycles. The molecule has 0 saturated carbocycles. The van der Waals surface area contributed by atoms with Crippen LogP contribution >= 0.6 is 19.2 Å². The van der Waals surface area contributed by atoms with Crippen molar-refractivity contribution in [2.24, 2.45) is 0 Å². The van der Waals surface area contributed by atoms with Crippen LogP contribution in [0.5, 0.6) is 0 Å². The molecule has 3 N–H and O–H groups in total. The molecule has 0 heterocycles. The molecule has 0 aliphatic rings. The standard InChI is InChI=1S/C12H10O2.C2H6ClO3P/c13-12(14)8-10-6-3-5-9-4-1-2-7-11(9)10;3-1-2-7(4,5)6/h1-7H,8H2,(H,13,14);1-2H2,(H2,4,5,6). The van der Waals surface area contributed by atoms with Gasteiger partial charge in [0.25, 0.3) is 0 Å². The Labute approximate surface area is 127 Å². The molecule has 0 radical (unpaired) electrons. The Morgan fingerprint density at radius 1 is 1.10 bits per heavy atom. The van der Waals surface area contributed by atoms with Crippen molar-refractivity contribution in [3.8, 4) is 0 Å². The third-order valence-electron chi connectivity index (χ3n) is 2.60. The summed E-state index contributed by atoms with van der Waals surface area (Å²) in [5, 5.41) is 10.8. The Hall–Kier alpha value is -1.39. The number of aliphatic carboxylic acids is 1. The van der Waals surface area contributed by atoms with E-state index in [0.29, 0.717) is 0 Å². The molecule has 2 aromatic carbocycles. The highest BCUT2D eigenvalue weighted by molar-refractivity contribution is 7.51. The molecule has 0 bridgehead atoms. The van der Waals surface area contributed by atoms with Gasteiger partial charge in [0.1, 0.15) is 0 Å². The third-order valence-corrected chi connectivity index (χ3v) is 3.86. The minimum atomic E-state index is -3.80. The number of halogens is 1. The summed E-state index contributed by atoms with van der Waals surface area (Å²) in [6, 6.07) is 13.5. The van der Waals surface area contributed by atoms with Crippen LogP contribution in [0.2, 0.25) is 0 Å². The van der Waals surface area contributed by atoms with Crippen LogP contribution in [0.4, 0.5) is 0 Å². The number of alkyl halides is 1. The fourth-order valence-electron chi connectivity index (χ4n) is 1.72. The topological polar surface area (TPSA) is 94.8 Å². The molecule has 2 rings (SSSR count). The van der Waals surface area contributed by atoms with Crippen LogP contribution in [0.1, 0.15) is 5.56 Å². The Bertz CT molecular complexity index is 647. The Morgan fingerprint density at radius 3 is 2.24 bits per heavy atom. The van der Waals surface area contributed by atoms with Crippen molar-refractivity contribution >= 4 is 35.9 Å². The zero-order valence-electron chi connectivity index (χ0n) is 11.1. The number of carboxylic acid groups (broad SMARTS) is 1. The minimum Gasteiger partial charge on any atom is -0.481 e. The van der Waals surface area contributed by atoms with Crippen LogP contribution in [-0.2, 0) is 15.8 Å². The summed E-state index contributed by atoms with van der Waals surface area (Å²) in [7, 11) is -3.80. The van der Waals surface area contributed by atoms with Crippen molar-refractivity contribution in [2.75, 3.05) is 12.0 Å². The molecule has 21 heavy (non-hydrogen) atoms. The molecule has 2 aromatic rings. The Morgan fingerprint density at radius 2 is 1.71 bits per heavy atom. The number of hydrogen-bond acceptors (Lipinski definition) is 2. The van der Waals surface area contributed by atoms with Gasteiger partial charge >= 0.3 is 13.6 Å². The van der Waals surface area contributed by atoms with Gasteiger partial charge in [-0.05, 0) is 16.3 Å². The number of hydrogen-bond donors (Lipinski definition) is 3. The van der Waals surface area contributed by atoms with E-state index < -0.39 is 13.6 Å². The van der Waals surface area contributed by atoms with Crippen molar-refractivity contribution in [2.45, 2.75) is 6.42 Å². The zero-order valence-corrected chi connectivity index (χ0v) is 12.8. The molecule has 0 atom stereocenters. The van der Waals surface area contributed by atoms with Gasteiger partial charge in [-0.3, -0.25) is 9.36 Å². The average Bonchev–Trinajstić information content (AvgIpc) is 2.38. The quantitative estimate of drug-likeness (QED) is 0.592. The molecule has 0 fully saturated rings. The predicted octanol–water partition coefficient (Wildman–Crippen LogP) is 2.87.